The highest BCUT2D eigenvalue weighted by atomic mass is 32.2. The Kier molecular flexibility index (Phi) is 6.17. The van der Waals surface area contributed by atoms with Gasteiger partial charge in [-0.3, -0.25) is 0 Å². The van der Waals surface area contributed by atoms with Crippen molar-refractivity contribution in [1.82, 2.24) is 4.72 Å². The second-order valence-corrected chi connectivity index (χ2v) is 7.30. The van der Waals surface area contributed by atoms with E-state index in [1.54, 1.807) is 0 Å². The van der Waals surface area contributed by atoms with E-state index < -0.39 is 16.0 Å². The Labute approximate surface area is 147 Å². The van der Waals surface area contributed by atoms with Gasteiger partial charge in [0.2, 0.25) is 10.0 Å². The lowest BCUT2D eigenvalue weighted by atomic mass is 10.1. The lowest BCUT2D eigenvalue weighted by Gasteiger charge is -2.11. The SMILES string of the molecule is COC(=O)c1cccc(S(=O)(=O)NCCOc2cc(C)ccc2C)c1. The Morgan fingerprint density at radius 3 is 2.60 bits per heavy atom. The second kappa shape index (κ2) is 8.13. The Morgan fingerprint density at radius 2 is 1.88 bits per heavy atom. The van der Waals surface area contributed by atoms with Gasteiger partial charge in [0.05, 0.1) is 17.6 Å². The number of ether oxygens (including phenoxy) is 2. The number of carbonyl (C=O) groups is 1. The van der Waals surface area contributed by atoms with Crippen molar-refractivity contribution in [2.45, 2.75) is 18.7 Å². The molecule has 0 bridgehead atoms. The second-order valence-electron chi connectivity index (χ2n) is 5.53. The average molecular weight is 363 g/mol. The molecule has 0 saturated carbocycles. The molecule has 0 heterocycles. The van der Waals surface area contributed by atoms with Gasteiger partial charge in [0.25, 0.3) is 0 Å². The summed E-state index contributed by atoms with van der Waals surface area (Å²) in [6.45, 7) is 4.19. The van der Waals surface area contributed by atoms with Gasteiger partial charge in [0, 0.05) is 6.54 Å². The van der Waals surface area contributed by atoms with E-state index >= 15 is 0 Å². The van der Waals surface area contributed by atoms with Crippen molar-refractivity contribution in [3.05, 3.63) is 59.2 Å². The van der Waals surface area contributed by atoms with Crippen molar-refractivity contribution in [1.29, 1.82) is 0 Å². The molecule has 0 aromatic heterocycles. The minimum Gasteiger partial charge on any atom is -0.492 e. The number of sulfonamides is 1. The smallest absolute Gasteiger partial charge is 0.337 e. The molecular weight excluding hydrogens is 342 g/mol. The van der Waals surface area contributed by atoms with Gasteiger partial charge >= 0.3 is 5.97 Å². The molecular formula is C18H21NO5S. The van der Waals surface area contributed by atoms with E-state index in [1.165, 1.54) is 31.4 Å². The minimum absolute atomic E-state index is 0.00198. The molecule has 0 aliphatic heterocycles. The summed E-state index contributed by atoms with van der Waals surface area (Å²) in [5.74, 6) is 0.141. The molecule has 0 radical (unpaired) electrons. The molecule has 0 saturated heterocycles. The number of methoxy groups -OCH3 is 1. The Balaban J connectivity index is 1.98. The van der Waals surface area contributed by atoms with Crippen LogP contribution in [0.1, 0.15) is 21.5 Å². The van der Waals surface area contributed by atoms with Gasteiger partial charge in [-0.1, -0.05) is 18.2 Å². The van der Waals surface area contributed by atoms with Gasteiger partial charge in [-0.25, -0.2) is 17.9 Å². The third-order valence-corrected chi connectivity index (χ3v) is 5.02. The van der Waals surface area contributed by atoms with E-state index in [4.69, 9.17) is 4.74 Å². The van der Waals surface area contributed by atoms with Crippen molar-refractivity contribution >= 4 is 16.0 Å². The van der Waals surface area contributed by atoms with Crippen LogP contribution in [0.15, 0.2) is 47.4 Å². The first-order chi connectivity index (χ1) is 11.8. The molecule has 0 spiro atoms. The van der Waals surface area contributed by atoms with Crippen LogP contribution in [0.4, 0.5) is 0 Å². The minimum atomic E-state index is -3.74. The summed E-state index contributed by atoms with van der Waals surface area (Å²) in [5.41, 5.74) is 2.23. The standard InChI is InChI=1S/C18H21NO5S/c1-13-7-8-14(2)17(11-13)24-10-9-19-25(21,22)16-6-4-5-15(12-16)18(20)23-3/h4-8,11-12,19H,9-10H2,1-3H3. The maximum atomic E-state index is 12.3. The Hall–Kier alpha value is -2.38. The highest BCUT2D eigenvalue weighted by Gasteiger charge is 2.16. The molecule has 7 heteroatoms. The molecule has 1 N–H and O–H groups in total. The van der Waals surface area contributed by atoms with E-state index in [0.717, 1.165) is 16.9 Å². The predicted molar refractivity (Wildman–Crippen MR) is 94.4 cm³/mol. The first-order valence-electron chi connectivity index (χ1n) is 7.71. The maximum absolute atomic E-state index is 12.3. The fourth-order valence-electron chi connectivity index (χ4n) is 2.19. The van der Waals surface area contributed by atoms with Crippen molar-refractivity contribution in [2.24, 2.45) is 0 Å². The van der Waals surface area contributed by atoms with Crippen LogP contribution in [-0.4, -0.2) is 34.6 Å². The largest absolute Gasteiger partial charge is 0.492 e. The Morgan fingerprint density at radius 1 is 1.12 bits per heavy atom. The summed E-state index contributed by atoms with van der Waals surface area (Å²) in [4.78, 5) is 11.5. The van der Waals surface area contributed by atoms with Gasteiger partial charge in [-0.05, 0) is 49.2 Å². The molecule has 0 atom stereocenters. The number of esters is 1. The van der Waals surface area contributed by atoms with Crippen LogP contribution in [0.5, 0.6) is 5.75 Å². The van der Waals surface area contributed by atoms with Crippen LogP contribution in [0.25, 0.3) is 0 Å². The predicted octanol–water partition coefficient (Wildman–Crippen LogP) is 2.45. The van der Waals surface area contributed by atoms with Gasteiger partial charge < -0.3 is 9.47 Å². The van der Waals surface area contributed by atoms with Crippen LogP contribution >= 0.6 is 0 Å². The topological polar surface area (TPSA) is 81.7 Å². The summed E-state index contributed by atoms with van der Waals surface area (Å²) in [5, 5.41) is 0. The first-order valence-corrected chi connectivity index (χ1v) is 9.20. The Bertz CT molecular complexity index is 862. The molecule has 2 aromatic rings. The summed E-state index contributed by atoms with van der Waals surface area (Å²) in [7, 11) is -2.49. The third-order valence-electron chi connectivity index (χ3n) is 3.56. The summed E-state index contributed by atoms with van der Waals surface area (Å²) >= 11 is 0. The lowest BCUT2D eigenvalue weighted by molar-refractivity contribution is 0.0600. The molecule has 25 heavy (non-hydrogen) atoms. The zero-order valence-corrected chi connectivity index (χ0v) is 15.2. The van der Waals surface area contributed by atoms with E-state index in [-0.39, 0.29) is 23.6 Å². The summed E-state index contributed by atoms with van der Waals surface area (Å²) in [6.07, 6.45) is 0. The number of benzene rings is 2. The first kappa shape index (κ1) is 19.0. The van der Waals surface area contributed by atoms with Crippen LogP contribution in [0.2, 0.25) is 0 Å². The van der Waals surface area contributed by atoms with Gasteiger partial charge in [-0.2, -0.15) is 0 Å². The van der Waals surface area contributed by atoms with Crippen LogP contribution in [-0.2, 0) is 14.8 Å². The maximum Gasteiger partial charge on any atom is 0.337 e. The molecule has 0 amide bonds. The third kappa shape index (κ3) is 5.04. The number of hydrogen-bond donors (Lipinski definition) is 1. The number of rotatable bonds is 7. The molecule has 6 nitrogen and oxygen atoms in total. The van der Waals surface area contributed by atoms with Crippen LogP contribution in [0.3, 0.4) is 0 Å². The molecule has 0 aliphatic carbocycles. The fraction of sp³-hybridized carbons (Fsp3) is 0.278. The van der Waals surface area contributed by atoms with E-state index in [1.807, 2.05) is 32.0 Å². The van der Waals surface area contributed by atoms with Crippen molar-refractivity contribution in [3.8, 4) is 5.75 Å². The quantitative estimate of drug-likeness (QED) is 0.604. The van der Waals surface area contributed by atoms with Crippen molar-refractivity contribution in [3.63, 3.8) is 0 Å². The normalized spacial score (nSPS) is 11.2. The van der Waals surface area contributed by atoms with Crippen molar-refractivity contribution in [2.75, 3.05) is 20.3 Å². The van der Waals surface area contributed by atoms with Crippen LogP contribution in [0, 0.1) is 13.8 Å². The molecule has 0 fully saturated rings. The fourth-order valence-corrected chi connectivity index (χ4v) is 3.25. The number of nitrogens with one attached hydrogen (secondary N) is 1. The highest BCUT2D eigenvalue weighted by molar-refractivity contribution is 7.89. The number of hydrogen-bond acceptors (Lipinski definition) is 5. The molecule has 0 unspecified atom stereocenters. The molecule has 0 aliphatic rings. The summed E-state index contributed by atoms with van der Waals surface area (Å²) in [6, 6.07) is 11.5. The van der Waals surface area contributed by atoms with Crippen LogP contribution < -0.4 is 9.46 Å². The van der Waals surface area contributed by atoms with Gasteiger partial charge in [0.1, 0.15) is 12.4 Å². The molecule has 2 aromatic carbocycles. The van der Waals surface area contributed by atoms with E-state index in [2.05, 4.69) is 9.46 Å². The zero-order chi connectivity index (χ0) is 18.4. The average Bonchev–Trinajstić information content (AvgIpc) is 2.61. The molecule has 134 valence electrons. The van der Waals surface area contributed by atoms with Gasteiger partial charge in [-0.15, -0.1) is 0 Å². The number of aryl methyl sites for hydroxylation is 2. The monoisotopic (exact) mass is 363 g/mol. The van der Waals surface area contributed by atoms with Gasteiger partial charge in [0.15, 0.2) is 0 Å². The zero-order valence-electron chi connectivity index (χ0n) is 14.4. The summed E-state index contributed by atoms with van der Waals surface area (Å²) < 4.78 is 37.3. The van der Waals surface area contributed by atoms with Crippen molar-refractivity contribution < 1.29 is 22.7 Å². The highest BCUT2D eigenvalue weighted by Crippen LogP contribution is 2.19. The van der Waals surface area contributed by atoms with E-state index in [0.29, 0.717) is 0 Å². The van der Waals surface area contributed by atoms with E-state index in [9.17, 15) is 13.2 Å². The number of carbonyl (C=O) groups excluding carboxylic acids is 1. The molecule has 2 rings (SSSR count). The lowest BCUT2D eigenvalue weighted by Crippen LogP contribution is -2.28.